The Morgan fingerprint density at radius 3 is 2.52 bits per heavy atom. The lowest BCUT2D eigenvalue weighted by Gasteiger charge is -2.17. The number of carbonyl (C=O) groups excluding carboxylic acids is 2. The van der Waals surface area contributed by atoms with E-state index in [1.54, 1.807) is 24.3 Å². The molecule has 3 aromatic carbocycles. The van der Waals surface area contributed by atoms with Crippen LogP contribution in [0.25, 0.3) is 10.8 Å². The van der Waals surface area contributed by atoms with E-state index < -0.39 is 0 Å². The van der Waals surface area contributed by atoms with Crippen LogP contribution in [0.3, 0.4) is 0 Å². The van der Waals surface area contributed by atoms with Gasteiger partial charge in [-0.3, -0.25) is 14.5 Å². The van der Waals surface area contributed by atoms with Crippen molar-refractivity contribution < 1.29 is 9.59 Å². The molecule has 1 N–H and O–H groups in total. The molecule has 25 heavy (non-hydrogen) atoms. The summed E-state index contributed by atoms with van der Waals surface area (Å²) in [5.41, 5.74) is 1.77. The van der Waals surface area contributed by atoms with Crippen LogP contribution in [0.5, 0.6) is 0 Å². The number of halogens is 2. The molecule has 0 spiro atoms. The standard InChI is InChI=1S/C19H12Cl2N2O2/c20-13-7-3-8-14(18(13)21)22-16(24)10-23-15-9-2-5-11-4-1-6-12(17(11)15)19(23)25/h1-9H,10H2,(H,22,24). The number of hydrogen-bond donors (Lipinski definition) is 1. The summed E-state index contributed by atoms with van der Waals surface area (Å²) in [5, 5.41) is 5.19. The van der Waals surface area contributed by atoms with Crippen molar-refractivity contribution in [3.05, 3.63) is 70.2 Å². The molecule has 6 heteroatoms. The molecule has 0 aliphatic carbocycles. The number of nitrogens with one attached hydrogen (secondary N) is 1. The molecule has 0 radical (unpaired) electrons. The number of benzene rings is 3. The lowest BCUT2D eigenvalue weighted by Crippen LogP contribution is -2.35. The SMILES string of the molecule is O=C(CN1C(=O)c2cccc3cccc1c23)Nc1cccc(Cl)c1Cl. The Bertz CT molecular complexity index is 1030. The van der Waals surface area contributed by atoms with Crippen LogP contribution in [-0.4, -0.2) is 18.4 Å². The zero-order valence-corrected chi connectivity index (χ0v) is 14.4. The molecule has 0 aromatic heterocycles. The van der Waals surface area contributed by atoms with Crippen LogP contribution < -0.4 is 10.2 Å². The van der Waals surface area contributed by atoms with Crippen LogP contribution in [-0.2, 0) is 4.79 Å². The smallest absolute Gasteiger partial charge is 0.259 e. The third kappa shape index (κ3) is 2.64. The fraction of sp³-hybridized carbons (Fsp3) is 0.0526. The van der Waals surface area contributed by atoms with E-state index in [2.05, 4.69) is 5.32 Å². The van der Waals surface area contributed by atoms with Crippen molar-refractivity contribution in [3.63, 3.8) is 0 Å². The molecular formula is C19H12Cl2N2O2. The van der Waals surface area contributed by atoms with E-state index in [9.17, 15) is 9.59 Å². The van der Waals surface area contributed by atoms with Crippen molar-refractivity contribution >= 4 is 57.2 Å². The molecule has 0 fully saturated rings. The van der Waals surface area contributed by atoms with E-state index in [0.717, 1.165) is 16.5 Å². The van der Waals surface area contributed by atoms with Crippen molar-refractivity contribution in [1.29, 1.82) is 0 Å². The van der Waals surface area contributed by atoms with Gasteiger partial charge in [-0.1, -0.05) is 53.5 Å². The maximum absolute atomic E-state index is 12.7. The predicted octanol–water partition coefficient (Wildman–Crippen LogP) is 4.75. The Kier molecular flexibility index (Phi) is 3.86. The summed E-state index contributed by atoms with van der Waals surface area (Å²) in [6.07, 6.45) is 0. The summed E-state index contributed by atoms with van der Waals surface area (Å²) in [6, 6.07) is 16.2. The lowest BCUT2D eigenvalue weighted by molar-refractivity contribution is -0.114. The van der Waals surface area contributed by atoms with Crippen molar-refractivity contribution in [2.24, 2.45) is 0 Å². The third-order valence-corrected chi connectivity index (χ3v) is 5.00. The summed E-state index contributed by atoms with van der Waals surface area (Å²) < 4.78 is 0. The van der Waals surface area contributed by atoms with Crippen LogP contribution in [0.4, 0.5) is 11.4 Å². The first-order chi connectivity index (χ1) is 12.1. The lowest BCUT2D eigenvalue weighted by atomic mass is 10.1. The second kappa shape index (κ2) is 6.06. The van der Waals surface area contributed by atoms with E-state index in [-0.39, 0.29) is 23.4 Å². The number of rotatable bonds is 3. The molecule has 0 bridgehead atoms. The quantitative estimate of drug-likeness (QED) is 0.723. The number of amides is 2. The highest BCUT2D eigenvalue weighted by molar-refractivity contribution is 6.44. The van der Waals surface area contributed by atoms with E-state index in [4.69, 9.17) is 23.2 Å². The molecule has 2 amide bonds. The molecular weight excluding hydrogens is 359 g/mol. The molecule has 1 aliphatic heterocycles. The van der Waals surface area contributed by atoms with Gasteiger partial charge in [0.2, 0.25) is 5.91 Å². The summed E-state index contributed by atoms with van der Waals surface area (Å²) in [6.45, 7) is -0.102. The van der Waals surface area contributed by atoms with Gasteiger partial charge in [-0.15, -0.1) is 0 Å². The molecule has 4 nitrogen and oxygen atoms in total. The van der Waals surface area contributed by atoms with Crippen LogP contribution in [0.2, 0.25) is 10.0 Å². The van der Waals surface area contributed by atoms with Crippen molar-refractivity contribution in [3.8, 4) is 0 Å². The Morgan fingerprint density at radius 2 is 1.72 bits per heavy atom. The van der Waals surface area contributed by atoms with Gasteiger partial charge >= 0.3 is 0 Å². The number of carbonyl (C=O) groups is 2. The fourth-order valence-corrected chi connectivity index (χ4v) is 3.42. The van der Waals surface area contributed by atoms with E-state index in [1.807, 2.05) is 30.3 Å². The van der Waals surface area contributed by atoms with Gasteiger partial charge in [0.05, 0.1) is 21.4 Å². The zero-order chi connectivity index (χ0) is 17.6. The molecule has 4 rings (SSSR count). The molecule has 124 valence electrons. The van der Waals surface area contributed by atoms with E-state index in [0.29, 0.717) is 16.3 Å². The second-order valence-corrected chi connectivity index (χ2v) is 6.51. The topological polar surface area (TPSA) is 49.4 Å². The molecule has 0 saturated carbocycles. The van der Waals surface area contributed by atoms with Gasteiger partial charge in [-0.2, -0.15) is 0 Å². The van der Waals surface area contributed by atoms with Crippen molar-refractivity contribution in [2.45, 2.75) is 0 Å². The number of anilines is 2. The van der Waals surface area contributed by atoms with E-state index >= 15 is 0 Å². The van der Waals surface area contributed by atoms with Crippen LogP contribution >= 0.6 is 23.2 Å². The highest BCUT2D eigenvalue weighted by atomic mass is 35.5. The average Bonchev–Trinajstić information content (AvgIpc) is 2.87. The largest absolute Gasteiger partial charge is 0.323 e. The summed E-state index contributed by atoms with van der Waals surface area (Å²) in [5.74, 6) is -0.526. The predicted molar refractivity (Wildman–Crippen MR) is 101 cm³/mol. The molecule has 0 unspecified atom stereocenters. The first-order valence-corrected chi connectivity index (χ1v) is 8.39. The number of nitrogens with zero attached hydrogens (tertiary/aromatic N) is 1. The van der Waals surface area contributed by atoms with Gasteiger partial charge in [0, 0.05) is 10.9 Å². The summed E-state index contributed by atoms with van der Waals surface area (Å²) in [4.78, 5) is 26.6. The maximum atomic E-state index is 12.7. The van der Waals surface area contributed by atoms with Crippen molar-refractivity contribution in [1.82, 2.24) is 0 Å². The normalized spacial score (nSPS) is 12.7. The molecule has 1 aliphatic rings. The first-order valence-electron chi connectivity index (χ1n) is 7.64. The monoisotopic (exact) mass is 370 g/mol. The van der Waals surface area contributed by atoms with E-state index in [1.165, 1.54) is 4.90 Å². The van der Waals surface area contributed by atoms with Crippen LogP contribution in [0, 0.1) is 0 Å². The Labute approximate surface area is 153 Å². The molecule has 1 heterocycles. The van der Waals surface area contributed by atoms with Crippen LogP contribution in [0.15, 0.2) is 54.6 Å². The summed E-state index contributed by atoms with van der Waals surface area (Å²) in [7, 11) is 0. The van der Waals surface area contributed by atoms with Crippen LogP contribution in [0.1, 0.15) is 10.4 Å². The van der Waals surface area contributed by atoms with Gasteiger partial charge in [-0.05, 0) is 29.7 Å². The Morgan fingerprint density at radius 1 is 1.00 bits per heavy atom. The molecule has 0 saturated heterocycles. The van der Waals surface area contributed by atoms with Gasteiger partial charge < -0.3 is 5.32 Å². The molecule has 0 atom stereocenters. The minimum Gasteiger partial charge on any atom is -0.323 e. The Hall–Kier alpha value is -2.56. The van der Waals surface area contributed by atoms with Gasteiger partial charge in [0.25, 0.3) is 5.91 Å². The second-order valence-electron chi connectivity index (χ2n) is 5.72. The van der Waals surface area contributed by atoms with Crippen molar-refractivity contribution in [2.75, 3.05) is 16.8 Å². The highest BCUT2D eigenvalue weighted by Crippen LogP contribution is 2.37. The Balaban J connectivity index is 1.62. The fourth-order valence-electron chi connectivity index (χ4n) is 3.07. The molecule has 3 aromatic rings. The first kappa shape index (κ1) is 15.9. The third-order valence-electron chi connectivity index (χ3n) is 4.18. The summed E-state index contributed by atoms with van der Waals surface area (Å²) >= 11 is 12.1. The highest BCUT2D eigenvalue weighted by Gasteiger charge is 2.30. The van der Waals surface area contributed by atoms with Gasteiger partial charge in [-0.25, -0.2) is 0 Å². The minimum absolute atomic E-state index is 0.102. The number of hydrogen-bond acceptors (Lipinski definition) is 2. The average molecular weight is 371 g/mol. The minimum atomic E-state index is -0.345. The maximum Gasteiger partial charge on any atom is 0.259 e. The van der Waals surface area contributed by atoms with Gasteiger partial charge in [0.15, 0.2) is 0 Å². The van der Waals surface area contributed by atoms with Gasteiger partial charge in [0.1, 0.15) is 6.54 Å². The zero-order valence-electron chi connectivity index (χ0n) is 12.9.